The van der Waals surface area contributed by atoms with Crippen LogP contribution in [0.3, 0.4) is 0 Å². The first-order valence-electron chi connectivity index (χ1n) is 6.50. The number of ether oxygens (including phenoxy) is 3. The molecule has 1 aromatic carbocycles. The third kappa shape index (κ3) is 3.02. The van der Waals surface area contributed by atoms with E-state index in [1.54, 1.807) is 0 Å². The quantitative estimate of drug-likeness (QED) is 0.785. The molecule has 0 radical (unpaired) electrons. The van der Waals surface area contributed by atoms with Crippen molar-refractivity contribution >= 4 is 35.1 Å². The number of nitrogens with one attached hydrogen (secondary N) is 2. The van der Waals surface area contributed by atoms with E-state index in [1.165, 1.54) is 26.4 Å². The van der Waals surface area contributed by atoms with E-state index in [2.05, 4.69) is 15.4 Å². The number of rotatable bonds is 4. The van der Waals surface area contributed by atoms with Gasteiger partial charge in [0, 0.05) is 0 Å². The lowest BCUT2D eigenvalue weighted by Gasteiger charge is -2.37. The summed E-state index contributed by atoms with van der Waals surface area (Å²) in [5, 5.41) is 5.49. The smallest absolute Gasteiger partial charge is 0.353 e. The molecule has 124 valence electrons. The van der Waals surface area contributed by atoms with Gasteiger partial charge in [-0.05, 0) is 12.1 Å². The molecule has 0 fully saturated rings. The zero-order chi connectivity index (χ0) is 17.2. The van der Waals surface area contributed by atoms with E-state index in [0.717, 1.165) is 7.11 Å². The Morgan fingerprint density at radius 1 is 1.17 bits per heavy atom. The van der Waals surface area contributed by atoms with E-state index < -0.39 is 29.9 Å². The largest absolute Gasteiger partial charge is 0.495 e. The number of halogens is 1. The van der Waals surface area contributed by atoms with Crippen LogP contribution < -0.4 is 15.4 Å². The topological polar surface area (TPSA) is 103 Å². The van der Waals surface area contributed by atoms with E-state index >= 15 is 0 Å². The van der Waals surface area contributed by atoms with Crippen molar-refractivity contribution in [2.75, 3.05) is 26.6 Å². The average Bonchev–Trinajstić information content (AvgIpc) is 2.53. The SMILES string of the molecule is COC(=O)C[C@]1(C(=O)OC)NC(=O)c2cc(OC)c(Cl)cc2N1. The van der Waals surface area contributed by atoms with Gasteiger partial charge >= 0.3 is 11.9 Å². The van der Waals surface area contributed by atoms with Crippen LogP contribution in [-0.4, -0.2) is 44.8 Å². The molecule has 0 aromatic heterocycles. The zero-order valence-electron chi connectivity index (χ0n) is 12.7. The van der Waals surface area contributed by atoms with Gasteiger partial charge in [-0.15, -0.1) is 0 Å². The Morgan fingerprint density at radius 3 is 2.43 bits per heavy atom. The van der Waals surface area contributed by atoms with Crippen molar-refractivity contribution in [1.29, 1.82) is 0 Å². The summed E-state index contributed by atoms with van der Waals surface area (Å²) in [6.07, 6.45) is -0.453. The molecule has 1 aromatic rings. The Balaban J connectivity index is 2.50. The minimum absolute atomic E-state index is 0.218. The third-order valence-electron chi connectivity index (χ3n) is 3.38. The summed E-state index contributed by atoms with van der Waals surface area (Å²) in [4.78, 5) is 36.1. The molecule has 0 aliphatic carbocycles. The van der Waals surface area contributed by atoms with Gasteiger partial charge in [-0.25, -0.2) is 4.79 Å². The van der Waals surface area contributed by atoms with Gasteiger partial charge in [-0.3, -0.25) is 9.59 Å². The van der Waals surface area contributed by atoms with Crippen molar-refractivity contribution in [1.82, 2.24) is 5.32 Å². The van der Waals surface area contributed by atoms with E-state index in [1.807, 2.05) is 0 Å². The number of esters is 2. The first-order valence-corrected chi connectivity index (χ1v) is 6.88. The van der Waals surface area contributed by atoms with Gasteiger partial charge in [0.15, 0.2) is 0 Å². The van der Waals surface area contributed by atoms with Crippen molar-refractivity contribution < 1.29 is 28.6 Å². The highest BCUT2D eigenvalue weighted by atomic mass is 35.5. The summed E-state index contributed by atoms with van der Waals surface area (Å²) in [6, 6.07) is 2.86. The number of carbonyl (C=O) groups excluding carboxylic acids is 3. The highest BCUT2D eigenvalue weighted by Gasteiger charge is 2.47. The van der Waals surface area contributed by atoms with Crippen LogP contribution in [0.1, 0.15) is 16.8 Å². The van der Waals surface area contributed by atoms with Crippen LogP contribution in [0.25, 0.3) is 0 Å². The number of methoxy groups -OCH3 is 3. The molecule has 23 heavy (non-hydrogen) atoms. The minimum Gasteiger partial charge on any atom is -0.495 e. The predicted molar refractivity (Wildman–Crippen MR) is 80.5 cm³/mol. The average molecular weight is 343 g/mol. The van der Waals surface area contributed by atoms with Gasteiger partial charge in [-0.2, -0.15) is 0 Å². The Kier molecular flexibility index (Phi) is 4.65. The standard InChI is InChI=1S/C14H15ClN2O6/c1-21-10-4-7-9(5-8(10)15)16-14(13(20)23-3,17-12(7)19)6-11(18)22-2/h4-5,16H,6H2,1-3H3,(H,17,19)/t14-/m1/s1. The molecule has 0 bridgehead atoms. The second kappa shape index (κ2) is 6.33. The predicted octanol–water partition coefficient (Wildman–Crippen LogP) is 0.936. The number of carbonyl (C=O) groups is 3. The summed E-state index contributed by atoms with van der Waals surface area (Å²) in [7, 11) is 3.73. The van der Waals surface area contributed by atoms with E-state index in [9.17, 15) is 14.4 Å². The fourth-order valence-electron chi connectivity index (χ4n) is 2.25. The van der Waals surface area contributed by atoms with Gasteiger partial charge < -0.3 is 24.8 Å². The molecule has 1 amide bonds. The Hall–Kier alpha value is -2.48. The Morgan fingerprint density at radius 2 is 1.87 bits per heavy atom. The second-order valence-electron chi connectivity index (χ2n) is 4.76. The molecule has 2 N–H and O–H groups in total. The lowest BCUT2D eigenvalue weighted by Crippen LogP contribution is -2.64. The third-order valence-corrected chi connectivity index (χ3v) is 3.68. The highest BCUT2D eigenvalue weighted by molar-refractivity contribution is 6.32. The van der Waals surface area contributed by atoms with E-state index in [-0.39, 0.29) is 16.3 Å². The number of anilines is 1. The highest BCUT2D eigenvalue weighted by Crippen LogP contribution is 2.35. The fourth-order valence-corrected chi connectivity index (χ4v) is 2.49. The van der Waals surface area contributed by atoms with E-state index in [0.29, 0.717) is 5.75 Å². The number of amides is 1. The van der Waals surface area contributed by atoms with Crippen molar-refractivity contribution in [2.24, 2.45) is 0 Å². The van der Waals surface area contributed by atoms with Crippen molar-refractivity contribution in [3.05, 3.63) is 22.7 Å². The van der Waals surface area contributed by atoms with Gasteiger partial charge in [0.05, 0.1) is 44.0 Å². The molecule has 1 aliphatic heterocycles. The van der Waals surface area contributed by atoms with Crippen LogP contribution in [0.2, 0.25) is 5.02 Å². The second-order valence-corrected chi connectivity index (χ2v) is 5.17. The maximum absolute atomic E-state index is 12.4. The summed E-state index contributed by atoms with van der Waals surface area (Å²) >= 11 is 6.04. The number of fused-ring (bicyclic) bond motifs is 1. The van der Waals surface area contributed by atoms with Gasteiger partial charge in [0.25, 0.3) is 5.91 Å². The normalized spacial score (nSPS) is 19.0. The number of hydrogen-bond donors (Lipinski definition) is 2. The molecule has 9 heteroatoms. The molecule has 0 saturated carbocycles. The van der Waals surface area contributed by atoms with Crippen molar-refractivity contribution in [2.45, 2.75) is 12.1 Å². The molecule has 1 atom stereocenters. The fraction of sp³-hybridized carbons (Fsp3) is 0.357. The molecular weight excluding hydrogens is 328 g/mol. The Labute approximate surface area is 137 Å². The van der Waals surface area contributed by atoms with Crippen molar-refractivity contribution in [3.63, 3.8) is 0 Å². The Bertz CT molecular complexity index is 677. The number of benzene rings is 1. The van der Waals surface area contributed by atoms with Crippen LogP contribution in [-0.2, 0) is 19.1 Å². The molecular formula is C14H15ClN2O6. The number of hydrogen-bond acceptors (Lipinski definition) is 7. The molecule has 1 aliphatic rings. The van der Waals surface area contributed by atoms with Crippen LogP contribution in [0, 0.1) is 0 Å². The summed E-state index contributed by atoms with van der Waals surface area (Å²) in [5.41, 5.74) is -1.28. The molecule has 2 rings (SSSR count). The van der Waals surface area contributed by atoms with Gasteiger partial charge in [-0.1, -0.05) is 11.6 Å². The summed E-state index contributed by atoms with van der Waals surface area (Å²) in [5.74, 6) is -1.82. The maximum atomic E-state index is 12.4. The lowest BCUT2D eigenvalue weighted by molar-refractivity contribution is -0.153. The van der Waals surface area contributed by atoms with Crippen molar-refractivity contribution in [3.8, 4) is 5.75 Å². The van der Waals surface area contributed by atoms with Crippen LogP contribution in [0.4, 0.5) is 5.69 Å². The summed E-state index contributed by atoms with van der Waals surface area (Å²) in [6.45, 7) is 0. The zero-order valence-corrected chi connectivity index (χ0v) is 13.4. The van der Waals surface area contributed by atoms with E-state index in [4.69, 9.17) is 21.1 Å². The lowest BCUT2D eigenvalue weighted by atomic mass is 9.98. The maximum Gasteiger partial charge on any atom is 0.353 e. The van der Waals surface area contributed by atoms with Gasteiger partial charge in [0.1, 0.15) is 5.75 Å². The molecule has 0 spiro atoms. The van der Waals surface area contributed by atoms with Crippen LogP contribution in [0.15, 0.2) is 12.1 Å². The molecule has 0 unspecified atom stereocenters. The monoisotopic (exact) mass is 342 g/mol. The van der Waals surface area contributed by atoms with Crippen LogP contribution in [0.5, 0.6) is 5.75 Å². The van der Waals surface area contributed by atoms with Crippen LogP contribution >= 0.6 is 11.6 Å². The minimum atomic E-state index is -1.77. The molecule has 1 heterocycles. The van der Waals surface area contributed by atoms with Gasteiger partial charge in [0.2, 0.25) is 5.66 Å². The molecule has 0 saturated heterocycles. The summed E-state index contributed by atoms with van der Waals surface area (Å²) < 4.78 is 14.3. The molecule has 8 nitrogen and oxygen atoms in total. The first kappa shape index (κ1) is 16.9. The first-order chi connectivity index (χ1) is 10.9.